The van der Waals surface area contributed by atoms with E-state index < -0.39 is 10.8 Å². The lowest BCUT2D eigenvalue weighted by Gasteiger charge is -2.35. The molecule has 2 aliphatic rings. The smallest absolute Gasteiger partial charge is 0.136 e. The van der Waals surface area contributed by atoms with Crippen LogP contribution in [0.4, 0.5) is 8.78 Å². The van der Waals surface area contributed by atoms with Gasteiger partial charge in [-0.3, -0.25) is 0 Å². The highest BCUT2D eigenvalue weighted by Crippen LogP contribution is 2.65. The zero-order chi connectivity index (χ0) is 57.8. The molecule has 0 fully saturated rings. The third-order valence-electron chi connectivity index (χ3n) is 19.7. The van der Waals surface area contributed by atoms with Crippen LogP contribution in [0.15, 0.2) is 16.6 Å². The molecule has 0 saturated carbocycles. The van der Waals surface area contributed by atoms with Crippen LogP contribution in [0, 0.1) is 15.2 Å². The molecule has 0 bridgehead atoms. The summed E-state index contributed by atoms with van der Waals surface area (Å²) in [5.41, 5.74) is 7.73. The van der Waals surface area contributed by atoms with E-state index in [0.29, 0.717) is 22.3 Å². The van der Waals surface area contributed by atoms with Gasteiger partial charge in [0.25, 0.3) is 0 Å². The Morgan fingerprint density at radius 3 is 0.890 bits per heavy atom. The SMILES string of the molecule is CCCCCCCCCCCCCC1(CCCCCCCCCCCCC)c2cc(Br)c3nsnc3c2-c2c(F)c3c(c(F)c21)-c1c(cc(I)c2nsnc12)C3(CCCCCCCCCCCCC)CCCCCCCCCCCCC. The maximum absolute atomic E-state index is 19.8. The molecule has 0 aliphatic heterocycles. The van der Waals surface area contributed by atoms with Crippen LogP contribution in [0.1, 0.15) is 358 Å². The fourth-order valence-electron chi connectivity index (χ4n) is 15.0. The molecule has 82 heavy (non-hydrogen) atoms. The topological polar surface area (TPSA) is 51.6 Å². The van der Waals surface area contributed by atoms with E-state index in [9.17, 15) is 0 Å². The lowest BCUT2D eigenvalue weighted by atomic mass is 9.68. The van der Waals surface area contributed by atoms with Gasteiger partial charge >= 0.3 is 0 Å². The highest BCUT2D eigenvalue weighted by molar-refractivity contribution is 14.1. The molecule has 0 amide bonds. The second-order valence-corrected chi connectivity index (χ2v) is 29.0. The van der Waals surface area contributed by atoms with Gasteiger partial charge in [-0.05, 0) is 87.5 Å². The first kappa shape index (κ1) is 67.9. The number of unbranched alkanes of at least 4 members (excludes halogenated alkanes) is 40. The first-order valence-corrected chi connectivity index (χ1v) is 38.1. The predicted molar refractivity (Wildman–Crippen MR) is 365 cm³/mol. The predicted octanol–water partition coefficient (Wildman–Crippen LogP) is 26.7. The van der Waals surface area contributed by atoms with Crippen LogP contribution in [0.25, 0.3) is 44.3 Å². The summed E-state index contributed by atoms with van der Waals surface area (Å²) >= 11 is 8.86. The summed E-state index contributed by atoms with van der Waals surface area (Å²) in [7, 11) is 0. The summed E-state index contributed by atoms with van der Waals surface area (Å²) in [6.45, 7) is 9.17. The molecule has 4 nitrogen and oxygen atoms in total. The average molecular weight is 1340 g/mol. The molecule has 0 saturated heterocycles. The Bertz CT molecular complexity index is 2400. The molecule has 0 unspecified atom stereocenters. The van der Waals surface area contributed by atoms with Crippen molar-refractivity contribution in [3.8, 4) is 22.3 Å². The molecule has 2 aromatic heterocycles. The molecule has 0 N–H and O–H groups in total. The van der Waals surface area contributed by atoms with Crippen LogP contribution < -0.4 is 0 Å². The summed E-state index contributed by atoms with van der Waals surface area (Å²) < 4.78 is 61.4. The molecule has 458 valence electrons. The quantitative estimate of drug-likeness (QED) is 0.0288. The fraction of sp³-hybridized carbons (Fsp3) is 0.750. The number of hydrogen-bond acceptors (Lipinski definition) is 6. The van der Waals surface area contributed by atoms with Crippen LogP contribution >= 0.6 is 62.0 Å². The van der Waals surface area contributed by atoms with E-state index in [0.717, 1.165) is 129 Å². The minimum absolute atomic E-state index is 0.197. The molecule has 0 atom stereocenters. The Labute approximate surface area is 529 Å². The number of hydrogen-bond donors (Lipinski definition) is 0. The van der Waals surface area contributed by atoms with E-state index in [1.165, 1.54) is 255 Å². The average Bonchev–Trinajstić information content (AvgIpc) is 2.37. The van der Waals surface area contributed by atoms with Crippen LogP contribution in [-0.2, 0) is 10.8 Å². The Morgan fingerprint density at radius 1 is 0.341 bits per heavy atom. The van der Waals surface area contributed by atoms with Gasteiger partial charge < -0.3 is 0 Å². The number of aromatic nitrogens is 4. The van der Waals surface area contributed by atoms with E-state index in [4.69, 9.17) is 17.5 Å². The minimum Gasteiger partial charge on any atom is -0.206 e. The lowest BCUT2D eigenvalue weighted by Crippen LogP contribution is -2.29. The molecule has 2 aliphatic carbocycles. The summed E-state index contributed by atoms with van der Waals surface area (Å²) in [4.78, 5) is 0. The number of rotatable bonds is 48. The van der Waals surface area contributed by atoms with Crippen molar-refractivity contribution < 1.29 is 8.78 Å². The van der Waals surface area contributed by atoms with Crippen molar-refractivity contribution in [2.75, 3.05) is 0 Å². The molecule has 3 aromatic carbocycles. The van der Waals surface area contributed by atoms with E-state index >= 15 is 8.78 Å². The summed E-state index contributed by atoms with van der Waals surface area (Å²) in [6.07, 6.45) is 58.4. The molecule has 10 heteroatoms. The van der Waals surface area contributed by atoms with Crippen molar-refractivity contribution in [1.29, 1.82) is 0 Å². The van der Waals surface area contributed by atoms with Gasteiger partial charge in [-0.25, -0.2) is 8.78 Å². The van der Waals surface area contributed by atoms with Crippen molar-refractivity contribution in [3.05, 3.63) is 54.1 Å². The van der Waals surface area contributed by atoms with Gasteiger partial charge in [-0.1, -0.05) is 310 Å². The molecule has 7 rings (SSSR count). The Morgan fingerprint density at radius 2 is 0.585 bits per heavy atom. The van der Waals surface area contributed by atoms with Gasteiger partial charge in [0, 0.05) is 52.3 Å². The van der Waals surface area contributed by atoms with Crippen LogP contribution in [-0.4, -0.2) is 17.5 Å². The number of halogens is 4. The number of nitrogens with zero attached hydrogens (tertiary/aromatic N) is 4. The van der Waals surface area contributed by atoms with Crippen molar-refractivity contribution >= 4 is 84.0 Å². The number of benzene rings is 3. The molecular weight excluding hydrogens is 1230 g/mol. The monoisotopic (exact) mass is 1340 g/mol. The molecule has 0 spiro atoms. The third-order valence-corrected chi connectivity index (χ3v) is 22.2. The first-order chi connectivity index (χ1) is 40.3. The Hall–Kier alpha value is -1.63. The van der Waals surface area contributed by atoms with Crippen LogP contribution in [0.5, 0.6) is 0 Å². The van der Waals surface area contributed by atoms with Crippen molar-refractivity contribution in [3.63, 3.8) is 0 Å². The normalized spacial score (nSPS) is 14.0. The van der Waals surface area contributed by atoms with Gasteiger partial charge in [0.15, 0.2) is 0 Å². The van der Waals surface area contributed by atoms with Crippen molar-refractivity contribution in [1.82, 2.24) is 17.5 Å². The molecule has 5 aromatic rings. The molecular formula is C72H110BrF2IN4S2. The third kappa shape index (κ3) is 17.8. The largest absolute Gasteiger partial charge is 0.206 e. The van der Waals surface area contributed by atoms with E-state index in [1.54, 1.807) is 0 Å². The lowest BCUT2D eigenvalue weighted by molar-refractivity contribution is 0.374. The number of fused-ring (bicyclic) bond motifs is 10. The van der Waals surface area contributed by atoms with Gasteiger partial charge in [-0.15, -0.1) is 0 Å². The van der Waals surface area contributed by atoms with Gasteiger partial charge in [-0.2, -0.15) is 17.5 Å². The second-order valence-electron chi connectivity index (χ2n) is 25.9. The first-order valence-electron chi connectivity index (χ1n) is 34.8. The fourth-order valence-corrected chi connectivity index (χ4v) is 17.7. The zero-order valence-electron chi connectivity index (χ0n) is 52.2. The Balaban J connectivity index is 1.27. The van der Waals surface area contributed by atoms with Crippen molar-refractivity contribution in [2.45, 2.75) is 347 Å². The highest BCUT2D eigenvalue weighted by Gasteiger charge is 2.54. The van der Waals surface area contributed by atoms with Crippen LogP contribution in [0.2, 0.25) is 0 Å². The van der Waals surface area contributed by atoms with Gasteiger partial charge in [0.1, 0.15) is 33.7 Å². The second kappa shape index (κ2) is 37.3. The summed E-state index contributed by atoms with van der Waals surface area (Å²) in [6, 6.07) is 4.54. The van der Waals surface area contributed by atoms with E-state index in [1.807, 2.05) is 0 Å². The Kier molecular flexibility index (Phi) is 30.8. The highest BCUT2D eigenvalue weighted by atomic mass is 127. The van der Waals surface area contributed by atoms with Crippen molar-refractivity contribution in [2.24, 2.45) is 0 Å². The maximum Gasteiger partial charge on any atom is 0.136 e. The molecule has 2 heterocycles. The van der Waals surface area contributed by atoms with E-state index in [2.05, 4.69) is 78.3 Å². The zero-order valence-corrected chi connectivity index (χ0v) is 57.6. The molecule has 0 radical (unpaired) electrons. The summed E-state index contributed by atoms with van der Waals surface area (Å²) in [5, 5.41) is 0. The van der Waals surface area contributed by atoms with E-state index in [-0.39, 0.29) is 11.6 Å². The van der Waals surface area contributed by atoms with Gasteiger partial charge in [0.05, 0.1) is 23.5 Å². The van der Waals surface area contributed by atoms with Gasteiger partial charge in [0.2, 0.25) is 0 Å². The maximum atomic E-state index is 19.8. The van der Waals surface area contributed by atoms with Crippen LogP contribution in [0.3, 0.4) is 0 Å². The summed E-state index contributed by atoms with van der Waals surface area (Å²) in [5.74, 6) is -0.393. The minimum atomic E-state index is -0.705. The standard InChI is InChI=1S/C72H110BrF2IN4S2/c1-5-9-13-17-21-25-29-33-37-41-45-49-71(50-46-42-38-34-30-26-22-18-14-10-6-2)55-53-57(73)67-69(79-81-77-67)59(55)61-63(71)66(75)62-60-56(54-58(76)68-70(60)80-82-78-68)72(64(62)65(61)74,51-47-43-39-35-31-27-23-19-15-11-7-3)52-48-44-40-36-32-28-24-20-16-12-8-4/h53-54H,5-52H2,1-4H3.